The zero-order chi connectivity index (χ0) is 53.1. The molecule has 23 heteroatoms. The second-order valence-electron chi connectivity index (χ2n) is 20.3. The number of aliphatic hydroxyl groups is 7. The molecular weight excluding hydrogens is 969 g/mol. The molecule has 8 rings (SSSR count). The molecule has 0 aromatic heterocycles. The summed E-state index contributed by atoms with van der Waals surface area (Å²) in [6.45, 7) is 10.5. The summed E-state index contributed by atoms with van der Waals surface area (Å²) in [6, 6.07) is 3.06. The van der Waals surface area contributed by atoms with E-state index in [1.165, 1.54) is 26.2 Å². The minimum Gasteiger partial charge on any atom is -0.507 e. The van der Waals surface area contributed by atoms with Crippen molar-refractivity contribution in [3.8, 4) is 17.2 Å². The lowest BCUT2D eigenvalue weighted by atomic mass is 9.75. The first-order valence-corrected chi connectivity index (χ1v) is 24.9. The molecule has 0 spiro atoms. The van der Waals surface area contributed by atoms with E-state index in [1.807, 2.05) is 0 Å². The van der Waals surface area contributed by atoms with Crippen LogP contribution in [0.2, 0.25) is 0 Å². The molecule has 9 N–H and O–H groups in total. The molecule has 23 nitrogen and oxygen atoms in total. The Morgan fingerprint density at radius 2 is 1.03 bits per heavy atom. The van der Waals surface area contributed by atoms with Crippen molar-refractivity contribution in [2.45, 2.75) is 222 Å². The normalized spacial score (nSPS) is 41.8. The van der Waals surface area contributed by atoms with Crippen molar-refractivity contribution < 1.29 is 112 Å². The van der Waals surface area contributed by atoms with E-state index in [0.717, 1.165) is 6.92 Å². The van der Waals surface area contributed by atoms with E-state index in [9.17, 15) is 60.3 Å². The van der Waals surface area contributed by atoms with Gasteiger partial charge in [0, 0.05) is 57.6 Å². The first-order valence-electron chi connectivity index (χ1n) is 24.9. The van der Waals surface area contributed by atoms with Gasteiger partial charge in [-0.25, -0.2) is 0 Å². The number of Topliss-reactive ketones (excluding diaryl/α,β-unsaturated/α-hetero) is 3. The number of phenolic OH excluding ortho intramolecular Hbond substituents is 2. The Kier molecular flexibility index (Phi) is 17.2. The van der Waals surface area contributed by atoms with Gasteiger partial charge in [-0.3, -0.25) is 14.4 Å². The molecule has 0 saturated carbocycles. The van der Waals surface area contributed by atoms with Gasteiger partial charge in [0.05, 0.1) is 72.0 Å². The topological polar surface area (TPSA) is 335 Å². The van der Waals surface area contributed by atoms with Crippen LogP contribution in [0.3, 0.4) is 0 Å². The number of phenols is 2. The van der Waals surface area contributed by atoms with Crippen LogP contribution in [0.1, 0.15) is 95.1 Å². The third kappa shape index (κ3) is 11.4. The second-order valence-corrected chi connectivity index (χ2v) is 20.3. The summed E-state index contributed by atoms with van der Waals surface area (Å²) in [5, 5.41) is 98.1. The molecule has 0 radical (unpaired) electrons. The van der Waals surface area contributed by atoms with Crippen molar-refractivity contribution >= 4 is 28.1 Å². The predicted molar refractivity (Wildman–Crippen MR) is 247 cm³/mol. The quantitative estimate of drug-likeness (QED) is 0.114. The van der Waals surface area contributed by atoms with E-state index in [2.05, 4.69) is 0 Å². The molecule has 73 heavy (non-hydrogen) atoms. The van der Waals surface area contributed by atoms with Crippen molar-refractivity contribution in [1.29, 1.82) is 0 Å². The lowest BCUT2D eigenvalue weighted by Crippen LogP contribution is -2.56. The highest BCUT2D eigenvalue weighted by Crippen LogP contribution is 2.47. The fourth-order valence-corrected chi connectivity index (χ4v) is 10.8. The molecule has 0 amide bonds. The number of hydrogen-bond donors (Lipinski definition) is 9. The summed E-state index contributed by atoms with van der Waals surface area (Å²) < 4.78 is 66.2. The summed E-state index contributed by atoms with van der Waals surface area (Å²) in [7, 11) is 1.20. The Morgan fingerprint density at radius 1 is 0.603 bits per heavy atom. The number of rotatable bonds is 14. The van der Waals surface area contributed by atoms with Crippen LogP contribution in [0, 0.1) is 12.8 Å². The standard InChI is InChI=1S/C50H70O23/c1-17-29(69-35-14-30(44(58)21(5)66-35)70-33-12-27(52)42(56)19(3)64-33)11-25-9-24-10-26(49(63-8)41(55)18(2)51)50(48(62)39(24)47(61)38(25)40(17)54)73-37-16-32(46(60)23(7)68-37)72-36-15-31(45(59)22(6)67-36)71-34-13-28(53)43(57)20(4)65-34/h9,11,19-23,26-28,30-37,42-46,49-50,52-54,56-61H,10,12-16H2,1-8H3/t19-,20-,21-,22-,23-,26+,27-,28+,30-,31-,32-,33+,34+,35+,36+,37+,42-,43-,44-,45+,46-,49+,50+/m1/s1. The predicted octanol–water partition coefficient (Wildman–Crippen LogP) is 0.208. The van der Waals surface area contributed by atoms with Crippen molar-refractivity contribution in [3.63, 3.8) is 0 Å². The highest BCUT2D eigenvalue weighted by Gasteiger charge is 2.50. The highest BCUT2D eigenvalue weighted by atomic mass is 16.7. The molecule has 2 aromatic carbocycles. The number of methoxy groups -OCH3 is 1. The van der Waals surface area contributed by atoms with E-state index in [4.69, 9.17) is 52.1 Å². The number of carbonyl (C=O) groups excluding carboxylic acids is 3. The van der Waals surface area contributed by atoms with Crippen molar-refractivity contribution in [2.75, 3.05) is 7.11 Å². The van der Waals surface area contributed by atoms with E-state index in [1.54, 1.807) is 34.6 Å². The molecule has 0 bridgehead atoms. The van der Waals surface area contributed by atoms with Crippen molar-refractivity contribution in [3.05, 3.63) is 28.8 Å². The first-order chi connectivity index (χ1) is 34.4. The smallest absolute Gasteiger partial charge is 0.227 e. The van der Waals surface area contributed by atoms with Gasteiger partial charge in [0.1, 0.15) is 60.0 Å². The SMILES string of the molecule is CO[C@H](C(=O)C(C)=O)[C@@H]1Cc2cc3cc(O[C@H]4C[C@@H](O[C@H]5C[C@@H](O)[C@H](O)[C@@H](C)O5)[C@H](O)[C@@H](C)O4)c(C)c(O)c3c(O)c2C(=O)[C@H]1O[C@H]1C[C@@H](O[C@H]2C[C@@H](O[C@H]3C[C@H](O)[C@H](O)[C@@H](C)O3)[C@@H](O)[C@@H](C)O2)[C@H](O)[C@@H](C)O1. The lowest BCUT2D eigenvalue weighted by molar-refractivity contribution is -0.329. The van der Waals surface area contributed by atoms with Gasteiger partial charge in [0.25, 0.3) is 0 Å². The summed E-state index contributed by atoms with van der Waals surface area (Å²) in [6.07, 6.45) is -23.9. The van der Waals surface area contributed by atoms with Crippen LogP contribution >= 0.6 is 0 Å². The van der Waals surface area contributed by atoms with Gasteiger partial charge in [0.15, 0.2) is 36.7 Å². The number of fused-ring (bicyclic) bond motifs is 2. The molecule has 408 valence electrons. The average Bonchev–Trinajstić information content (AvgIpc) is 3.32. The molecule has 23 atom stereocenters. The lowest BCUT2D eigenvalue weighted by Gasteiger charge is -2.45. The number of aliphatic hydroxyl groups excluding tert-OH is 7. The van der Waals surface area contributed by atoms with Crippen LogP contribution in [0.15, 0.2) is 12.1 Å². The maximum atomic E-state index is 14.9. The summed E-state index contributed by atoms with van der Waals surface area (Å²) in [4.78, 5) is 41.0. The van der Waals surface area contributed by atoms with E-state index >= 15 is 0 Å². The van der Waals surface area contributed by atoms with E-state index < -0.39 is 170 Å². The zero-order valence-electron chi connectivity index (χ0n) is 41.9. The number of carbonyl (C=O) groups is 3. The third-order valence-electron chi connectivity index (χ3n) is 15.1. The maximum Gasteiger partial charge on any atom is 0.227 e. The number of ether oxygens (including phenoxy) is 11. The molecule has 5 aliphatic heterocycles. The molecule has 5 fully saturated rings. The number of hydrogen-bond acceptors (Lipinski definition) is 23. The summed E-state index contributed by atoms with van der Waals surface area (Å²) >= 11 is 0. The Bertz CT molecular complexity index is 2290. The van der Waals surface area contributed by atoms with Gasteiger partial charge in [-0.05, 0) is 71.0 Å². The fraction of sp³-hybridized carbons (Fsp3) is 0.740. The Labute approximate surface area is 421 Å². The largest absolute Gasteiger partial charge is 0.507 e. The van der Waals surface area contributed by atoms with Gasteiger partial charge >= 0.3 is 0 Å². The molecular formula is C50H70O23. The second kappa shape index (κ2) is 22.6. The van der Waals surface area contributed by atoms with Gasteiger partial charge in [-0.15, -0.1) is 0 Å². The first kappa shape index (κ1) is 55.7. The van der Waals surface area contributed by atoms with Gasteiger partial charge in [-0.2, -0.15) is 0 Å². The minimum atomic E-state index is -1.61. The monoisotopic (exact) mass is 1040 g/mol. The Hall–Kier alpha value is -3.57. The van der Waals surface area contributed by atoms with Crippen LogP contribution in [-0.2, 0) is 63.4 Å². The molecule has 5 saturated heterocycles. The van der Waals surface area contributed by atoms with Crippen LogP contribution in [-0.4, -0.2) is 206 Å². The number of ketones is 3. The van der Waals surface area contributed by atoms with Crippen molar-refractivity contribution in [1.82, 2.24) is 0 Å². The number of benzene rings is 2. The van der Waals surface area contributed by atoms with Gasteiger partial charge in [-0.1, -0.05) is 0 Å². The van der Waals surface area contributed by atoms with E-state index in [0.29, 0.717) is 0 Å². The minimum absolute atomic E-state index is 0.0240. The van der Waals surface area contributed by atoms with Crippen LogP contribution in [0.4, 0.5) is 0 Å². The van der Waals surface area contributed by atoms with Crippen LogP contribution < -0.4 is 4.74 Å². The summed E-state index contributed by atoms with van der Waals surface area (Å²) in [5.74, 6) is -4.75. The molecule has 1 aliphatic carbocycles. The van der Waals surface area contributed by atoms with E-state index in [-0.39, 0.29) is 71.7 Å². The third-order valence-corrected chi connectivity index (χ3v) is 15.1. The molecule has 6 aliphatic rings. The van der Waals surface area contributed by atoms with Crippen LogP contribution in [0.25, 0.3) is 10.8 Å². The van der Waals surface area contributed by atoms with Crippen molar-refractivity contribution in [2.24, 2.45) is 5.92 Å². The van der Waals surface area contributed by atoms with Gasteiger partial charge < -0.3 is 98.1 Å². The fourth-order valence-electron chi connectivity index (χ4n) is 10.8. The van der Waals surface area contributed by atoms with Crippen LogP contribution in [0.5, 0.6) is 17.2 Å². The Balaban J connectivity index is 1.03. The molecule has 5 heterocycles. The highest BCUT2D eigenvalue weighted by molar-refractivity contribution is 6.38. The number of aromatic hydroxyl groups is 2. The maximum absolute atomic E-state index is 14.9. The molecule has 2 aromatic rings. The summed E-state index contributed by atoms with van der Waals surface area (Å²) in [5.41, 5.74) is 0.135. The zero-order valence-corrected chi connectivity index (χ0v) is 41.9. The molecule has 0 unspecified atom stereocenters. The average molecular weight is 1040 g/mol. The Morgan fingerprint density at radius 3 is 1.48 bits per heavy atom. The van der Waals surface area contributed by atoms with Gasteiger partial charge in [0.2, 0.25) is 12.1 Å².